The molecule has 1 aliphatic rings. The van der Waals surface area contributed by atoms with Crippen LogP contribution in [-0.4, -0.2) is 0 Å². The normalized spacial score (nSPS) is 14.4. The lowest BCUT2D eigenvalue weighted by atomic mass is 9.63. The Morgan fingerprint density at radius 2 is 0.904 bits per heavy atom. The summed E-state index contributed by atoms with van der Waals surface area (Å²) in [6.45, 7) is 4.77. The van der Waals surface area contributed by atoms with Gasteiger partial charge in [0, 0.05) is 28.4 Å². The van der Waals surface area contributed by atoms with E-state index in [-0.39, 0.29) is 11.3 Å². The molecule has 0 aliphatic heterocycles. The van der Waals surface area contributed by atoms with E-state index in [2.05, 4.69) is 213 Å². The molecule has 1 unspecified atom stereocenters. The molecule has 0 saturated heterocycles. The molecule has 250 valence electrons. The summed E-state index contributed by atoms with van der Waals surface area (Å²) in [6, 6.07) is 71.1. The second-order valence-corrected chi connectivity index (χ2v) is 14.5. The van der Waals surface area contributed by atoms with Crippen LogP contribution in [0.2, 0.25) is 0 Å². The van der Waals surface area contributed by atoms with Crippen molar-refractivity contribution in [2.24, 2.45) is 0 Å². The molecule has 52 heavy (non-hydrogen) atoms. The van der Waals surface area contributed by atoms with E-state index in [9.17, 15) is 0 Å². The van der Waals surface area contributed by atoms with E-state index >= 15 is 0 Å². The Kier molecular flexibility index (Phi) is 8.05. The minimum absolute atomic E-state index is 0.0665. The number of hydrogen-bond acceptors (Lipinski definition) is 1. The average Bonchev–Trinajstić information content (AvgIpc) is 3.21. The summed E-state index contributed by atoms with van der Waals surface area (Å²) in [5.41, 5.74) is 15.3. The van der Waals surface area contributed by atoms with Gasteiger partial charge in [-0.25, -0.2) is 0 Å². The Balaban J connectivity index is 1.10. The highest BCUT2D eigenvalue weighted by Gasteiger charge is 2.38. The van der Waals surface area contributed by atoms with Gasteiger partial charge in [0.15, 0.2) is 0 Å². The molecule has 8 aromatic rings. The first-order valence-corrected chi connectivity index (χ1v) is 18.4. The van der Waals surface area contributed by atoms with Crippen LogP contribution in [-0.2, 0) is 11.8 Å². The lowest BCUT2D eigenvalue weighted by molar-refractivity contribution is 0.582. The van der Waals surface area contributed by atoms with Gasteiger partial charge in [-0.15, -0.1) is 0 Å². The van der Waals surface area contributed by atoms with Crippen molar-refractivity contribution in [1.29, 1.82) is 0 Å². The molecular formula is C51H41N. The maximum atomic E-state index is 2.39. The Labute approximate surface area is 307 Å². The van der Waals surface area contributed by atoms with Gasteiger partial charge in [0.25, 0.3) is 0 Å². The van der Waals surface area contributed by atoms with Gasteiger partial charge in [-0.1, -0.05) is 172 Å². The number of hydrogen-bond donors (Lipinski definition) is 0. The molecule has 0 heterocycles. The van der Waals surface area contributed by atoms with E-state index in [1.54, 1.807) is 0 Å². The van der Waals surface area contributed by atoms with E-state index in [0.29, 0.717) is 0 Å². The van der Waals surface area contributed by atoms with E-state index in [4.69, 9.17) is 0 Å². The Bertz CT molecular complexity index is 2390. The highest BCUT2D eigenvalue weighted by Crippen LogP contribution is 2.50. The van der Waals surface area contributed by atoms with Crippen LogP contribution < -0.4 is 4.90 Å². The zero-order chi connectivity index (χ0) is 35.1. The van der Waals surface area contributed by atoms with Gasteiger partial charge in [0.05, 0.1) is 0 Å². The van der Waals surface area contributed by atoms with Crippen LogP contribution in [0, 0.1) is 0 Å². The van der Waals surface area contributed by atoms with Gasteiger partial charge < -0.3 is 4.90 Å². The van der Waals surface area contributed by atoms with Crippen molar-refractivity contribution in [2.45, 2.75) is 31.6 Å². The first-order valence-electron chi connectivity index (χ1n) is 18.4. The van der Waals surface area contributed by atoms with Gasteiger partial charge in [-0.05, 0) is 104 Å². The summed E-state index contributed by atoms with van der Waals surface area (Å²) in [5.74, 6) is 0.267. The Morgan fingerprint density at radius 1 is 0.423 bits per heavy atom. The van der Waals surface area contributed by atoms with Crippen molar-refractivity contribution < 1.29 is 0 Å². The summed E-state index contributed by atoms with van der Waals surface area (Å²) in [7, 11) is 0. The largest absolute Gasteiger partial charge is 0.311 e. The van der Waals surface area contributed by atoms with Crippen molar-refractivity contribution in [3.63, 3.8) is 0 Å². The van der Waals surface area contributed by atoms with Crippen LogP contribution in [0.15, 0.2) is 194 Å². The summed E-state index contributed by atoms with van der Waals surface area (Å²) in [4.78, 5) is 2.37. The summed E-state index contributed by atoms with van der Waals surface area (Å²) in [6.07, 6.45) is 0.936. The maximum Gasteiger partial charge on any atom is 0.0462 e. The lowest BCUT2D eigenvalue weighted by Crippen LogP contribution is -2.30. The number of fused-ring (bicyclic) bond motifs is 4. The minimum atomic E-state index is -0.0665. The van der Waals surface area contributed by atoms with E-state index in [1.165, 1.54) is 60.8 Å². The van der Waals surface area contributed by atoms with Gasteiger partial charge in [-0.3, -0.25) is 0 Å². The SMILES string of the molecule is CC1(C)c2ccccc2C(Cc2ccc(N(c3ccc(-c4ccccc4)cc3)c3ccc(-c4ccccc4)cc3)cc2)c2c1ccc1ccccc21. The molecule has 0 saturated carbocycles. The van der Waals surface area contributed by atoms with Gasteiger partial charge in [-0.2, -0.15) is 0 Å². The second-order valence-electron chi connectivity index (χ2n) is 14.5. The third-order valence-corrected chi connectivity index (χ3v) is 11.1. The fraction of sp³-hybridized carbons (Fsp3) is 0.0980. The molecular weight excluding hydrogens is 627 g/mol. The molecule has 9 rings (SSSR count). The topological polar surface area (TPSA) is 3.24 Å². The molecule has 0 amide bonds. The maximum absolute atomic E-state index is 2.39. The first kappa shape index (κ1) is 31.8. The van der Waals surface area contributed by atoms with Crippen LogP contribution in [0.4, 0.5) is 17.1 Å². The molecule has 0 spiro atoms. The third kappa shape index (κ3) is 5.69. The van der Waals surface area contributed by atoms with Crippen LogP contribution >= 0.6 is 0 Å². The van der Waals surface area contributed by atoms with Gasteiger partial charge in [0.2, 0.25) is 0 Å². The zero-order valence-electron chi connectivity index (χ0n) is 29.7. The molecule has 0 aromatic heterocycles. The molecule has 0 radical (unpaired) electrons. The molecule has 1 aliphatic carbocycles. The van der Waals surface area contributed by atoms with Gasteiger partial charge in [0.1, 0.15) is 0 Å². The highest BCUT2D eigenvalue weighted by molar-refractivity contribution is 5.89. The van der Waals surface area contributed by atoms with Crippen LogP contribution in [0.1, 0.15) is 47.6 Å². The third-order valence-electron chi connectivity index (χ3n) is 11.1. The van der Waals surface area contributed by atoms with Crippen LogP contribution in [0.5, 0.6) is 0 Å². The standard InChI is InChI=1S/C51H41N/c1-51(2)48-20-12-11-19-46(48)47(50-45-18-10-9-17-41(45)27-34-49(50)51)35-36-21-28-42(29-22-36)52(43-30-23-39(24-31-43)37-13-5-3-6-14-37)44-32-25-40(26-33-44)38-15-7-4-8-16-38/h3-34,47H,35H2,1-2H3. The lowest BCUT2D eigenvalue weighted by Gasteiger charge is -2.40. The van der Waals surface area contributed by atoms with Crippen molar-refractivity contribution in [3.8, 4) is 22.3 Å². The Hall–Kier alpha value is -6.18. The van der Waals surface area contributed by atoms with E-state index in [0.717, 1.165) is 23.5 Å². The fourth-order valence-electron chi connectivity index (χ4n) is 8.43. The summed E-state index contributed by atoms with van der Waals surface area (Å²) < 4.78 is 0. The zero-order valence-corrected chi connectivity index (χ0v) is 29.7. The summed E-state index contributed by atoms with van der Waals surface area (Å²) >= 11 is 0. The second kappa shape index (κ2) is 13.2. The van der Waals surface area contributed by atoms with E-state index < -0.39 is 0 Å². The van der Waals surface area contributed by atoms with Crippen LogP contribution in [0.3, 0.4) is 0 Å². The predicted molar refractivity (Wildman–Crippen MR) is 220 cm³/mol. The van der Waals surface area contributed by atoms with Crippen molar-refractivity contribution in [3.05, 3.63) is 222 Å². The van der Waals surface area contributed by atoms with Gasteiger partial charge >= 0.3 is 0 Å². The van der Waals surface area contributed by atoms with Crippen LogP contribution in [0.25, 0.3) is 33.0 Å². The average molecular weight is 668 g/mol. The Morgan fingerprint density at radius 3 is 1.50 bits per heavy atom. The molecule has 0 fully saturated rings. The molecule has 8 aromatic carbocycles. The van der Waals surface area contributed by atoms with Crippen molar-refractivity contribution in [2.75, 3.05) is 4.90 Å². The smallest absolute Gasteiger partial charge is 0.0462 e. The monoisotopic (exact) mass is 667 g/mol. The fourth-order valence-corrected chi connectivity index (χ4v) is 8.43. The predicted octanol–water partition coefficient (Wildman–Crippen LogP) is 13.7. The first-order chi connectivity index (χ1) is 25.5. The molecule has 0 N–H and O–H groups in total. The van der Waals surface area contributed by atoms with Crippen molar-refractivity contribution in [1.82, 2.24) is 0 Å². The van der Waals surface area contributed by atoms with E-state index in [1.807, 2.05) is 0 Å². The quantitative estimate of drug-likeness (QED) is 0.163. The number of anilines is 3. The molecule has 1 heteroatoms. The molecule has 0 bridgehead atoms. The molecule has 1 atom stereocenters. The highest BCUT2D eigenvalue weighted by atomic mass is 15.1. The minimum Gasteiger partial charge on any atom is -0.311 e. The number of benzene rings is 8. The number of nitrogens with zero attached hydrogens (tertiary/aromatic N) is 1. The van der Waals surface area contributed by atoms with Crippen molar-refractivity contribution >= 4 is 27.8 Å². The molecule has 1 nitrogen and oxygen atoms in total. The summed E-state index contributed by atoms with van der Waals surface area (Å²) in [5, 5.41) is 2.68. The number of rotatable bonds is 7.